The average Bonchev–Trinajstić information content (AvgIpc) is 3.35. The number of aromatic nitrogens is 5. The number of benzene rings is 1. The van der Waals surface area contributed by atoms with Crippen molar-refractivity contribution in [3.8, 4) is 11.3 Å². The Hall–Kier alpha value is -2.61. The molecule has 1 aliphatic heterocycles. The second kappa shape index (κ2) is 6.12. The van der Waals surface area contributed by atoms with Crippen molar-refractivity contribution in [3.05, 3.63) is 47.1 Å². The van der Waals surface area contributed by atoms with Crippen LogP contribution in [0, 0.1) is 6.92 Å². The standard InChI is InChI=1S/C16H16N6OS/c1-11-15(24-20-17-11)16(23)21-8-7-13(9-21)22-10-14(18-19-22)12-5-3-2-4-6-12/h2-6,10,13H,7-9H2,1H3. The van der Waals surface area contributed by atoms with Crippen LogP contribution >= 0.6 is 11.5 Å². The number of amides is 1. The summed E-state index contributed by atoms with van der Waals surface area (Å²) in [5.41, 5.74) is 2.59. The van der Waals surface area contributed by atoms with E-state index in [4.69, 9.17) is 0 Å². The zero-order valence-corrected chi connectivity index (χ0v) is 14.0. The van der Waals surface area contributed by atoms with Crippen LogP contribution in [0.4, 0.5) is 0 Å². The lowest BCUT2D eigenvalue weighted by atomic mass is 10.2. The summed E-state index contributed by atoms with van der Waals surface area (Å²) in [6.45, 7) is 3.16. The molecule has 24 heavy (non-hydrogen) atoms. The van der Waals surface area contributed by atoms with Gasteiger partial charge < -0.3 is 4.90 Å². The van der Waals surface area contributed by atoms with Gasteiger partial charge in [-0.05, 0) is 24.9 Å². The van der Waals surface area contributed by atoms with Crippen LogP contribution in [0.2, 0.25) is 0 Å². The molecule has 1 amide bonds. The summed E-state index contributed by atoms with van der Waals surface area (Å²) in [7, 11) is 0. The van der Waals surface area contributed by atoms with Crippen molar-refractivity contribution in [2.24, 2.45) is 0 Å². The molecule has 0 radical (unpaired) electrons. The summed E-state index contributed by atoms with van der Waals surface area (Å²) in [5.74, 6) is 0.00778. The molecule has 4 rings (SSSR count). The Morgan fingerprint density at radius 2 is 2.08 bits per heavy atom. The van der Waals surface area contributed by atoms with Crippen LogP contribution in [0.15, 0.2) is 36.5 Å². The Balaban J connectivity index is 1.49. The van der Waals surface area contributed by atoms with Crippen LogP contribution in [0.5, 0.6) is 0 Å². The second-order valence-corrected chi connectivity index (χ2v) is 6.59. The molecular formula is C16H16N6OS. The molecule has 0 aliphatic carbocycles. The van der Waals surface area contributed by atoms with E-state index in [2.05, 4.69) is 19.9 Å². The van der Waals surface area contributed by atoms with Gasteiger partial charge in [0.25, 0.3) is 5.91 Å². The van der Waals surface area contributed by atoms with E-state index in [9.17, 15) is 4.79 Å². The molecule has 1 atom stereocenters. The lowest BCUT2D eigenvalue weighted by Gasteiger charge is -2.15. The fourth-order valence-electron chi connectivity index (χ4n) is 2.91. The number of carbonyl (C=O) groups excluding carboxylic acids is 1. The number of hydrogen-bond donors (Lipinski definition) is 0. The van der Waals surface area contributed by atoms with E-state index >= 15 is 0 Å². The maximum atomic E-state index is 12.5. The Kier molecular flexibility index (Phi) is 3.81. The zero-order valence-electron chi connectivity index (χ0n) is 13.2. The van der Waals surface area contributed by atoms with Crippen molar-refractivity contribution in [3.63, 3.8) is 0 Å². The minimum absolute atomic E-state index is 0.00778. The normalized spacial score (nSPS) is 17.4. The van der Waals surface area contributed by atoms with Crippen molar-refractivity contribution in [1.82, 2.24) is 29.5 Å². The Morgan fingerprint density at radius 3 is 2.83 bits per heavy atom. The quantitative estimate of drug-likeness (QED) is 0.730. The van der Waals surface area contributed by atoms with Crippen LogP contribution in [0.25, 0.3) is 11.3 Å². The maximum absolute atomic E-state index is 12.5. The van der Waals surface area contributed by atoms with Crippen LogP contribution in [-0.2, 0) is 0 Å². The molecule has 0 saturated carbocycles. The highest BCUT2D eigenvalue weighted by Gasteiger charge is 2.30. The minimum atomic E-state index is 0.00778. The molecule has 1 fully saturated rings. The molecule has 122 valence electrons. The van der Waals surface area contributed by atoms with Gasteiger partial charge in [-0.3, -0.25) is 4.79 Å². The lowest BCUT2D eigenvalue weighted by Crippen LogP contribution is -2.29. The molecule has 1 saturated heterocycles. The highest BCUT2D eigenvalue weighted by molar-refractivity contribution is 7.07. The molecule has 1 aromatic carbocycles. The Labute approximate surface area is 143 Å². The molecule has 0 bridgehead atoms. The molecule has 1 aliphatic rings. The van der Waals surface area contributed by atoms with Crippen LogP contribution < -0.4 is 0 Å². The summed E-state index contributed by atoms with van der Waals surface area (Å²) >= 11 is 1.16. The maximum Gasteiger partial charge on any atom is 0.267 e. The molecule has 0 spiro atoms. The van der Waals surface area contributed by atoms with E-state index in [1.165, 1.54) is 0 Å². The highest BCUT2D eigenvalue weighted by atomic mass is 32.1. The first-order valence-electron chi connectivity index (χ1n) is 7.78. The molecule has 8 heteroatoms. The van der Waals surface area contributed by atoms with Gasteiger partial charge in [0.1, 0.15) is 10.6 Å². The predicted molar refractivity (Wildman–Crippen MR) is 89.7 cm³/mol. The number of nitrogens with zero attached hydrogens (tertiary/aromatic N) is 6. The van der Waals surface area contributed by atoms with Gasteiger partial charge in [0.2, 0.25) is 0 Å². The molecule has 2 aromatic heterocycles. The molecule has 0 N–H and O–H groups in total. The summed E-state index contributed by atoms with van der Waals surface area (Å²) < 4.78 is 5.71. The van der Waals surface area contributed by atoms with Gasteiger partial charge in [-0.1, -0.05) is 40.0 Å². The monoisotopic (exact) mass is 340 g/mol. The average molecular weight is 340 g/mol. The number of rotatable bonds is 3. The van der Waals surface area contributed by atoms with Crippen LogP contribution in [-0.4, -0.2) is 48.5 Å². The van der Waals surface area contributed by atoms with Gasteiger partial charge in [-0.2, -0.15) is 0 Å². The summed E-state index contributed by atoms with van der Waals surface area (Å²) in [5, 5.41) is 12.4. The van der Waals surface area contributed by atoms with E-state index in [1.54, 1.807) is 0 Å². The Morgan fingerprint density at radius 1 is 1.25 bits per heavy atom. The molecule has 3 aromatic rings. The summed E-state index contributed by atoms with van der Waals surface area (Å²) in [6, 6.07) is 10.1. The lowest BCUT2D eigenvalue weighted by molar-refractivity contribution is 0.0791. The van der Waals surface area contributed by atoms with Gasteiger partial charge in [-0.15, -0.1) is 10.2 Å². The summed E-state index contributed by atoms with van der Waals surface area (Å²) in [4.78, 5) is 15.0. The first kappa shape index (κ1) is 14.9. The Bertz CT molecular complexity index is 858. The zero-order chi connectivity index (χ0) is 16.5. The van der Waals surface area contributed by atoms with Crippen LogP contribution in [0.3, 0.4) is 0 Å². The predicted octanol–water partition coefficient (Wildman–Crippen LogP) is 2.19. The van der Waals surface area contributed by atoms with E-state index < -0.39 is 0 Å². The van der Waals surface area contributed by atoms with Crippen molar-refractivity contribution in [2.75, 3.05) is 13.1 Å². The first-order chi connectivity index (χ1) is 11.7. The van der Waals surface area contributed by atoms with E-state index in [-0.39, 0.29) is 11.9 Å². The topological polar surface area (TPSA) is 76.8 Å². The van der Waals surface area contributed by atoms with Gasteiger partial charge >= 0.3 is 0 Å². The van der Waals surface area contributed by atoms with Crippen molar-refractivity contribution in [1.29, 1.82) is 0 Å². The second-order valence-electron chi connectivity index (χ2n) is 5.83. The van der Waals surface area contributed by atoms with E-state index in [0.717, 1.165) is 29.2 Å². The summed E-state index contributed by atoms with van der Waals surface area (Å²) in [6.07, 6.45) is 2.82. The number of carbonyl (C=O) groups is 1. The first-order valence-corrected chi connectivity index (χ1v) is 8.55. The molecular weight excluding hydrogens is 324 g/mol. The number of hydrogen-bond acceptors (Lipinski definition) is 6. The van der Waals surface area contributed by atoms with Crippen LogP contribution in [0.1, 0.15) is 27.8 Å². The third kappa shape index (κ3) is 2.69. The van der Waals surface area contributed by atoms with Crippen molar-refractivity contribution < 1.29 is 4.79 Å². The molecule has 7 nitrogen and oxygen atoms in total. The number of likely N-dealkylation sites (tertiary alicyclic amines) is 1. The molecule has 1 unspecified atom stereocenters. The highest BCUT2D eigenvalue weighted by Crippen LogP contribution is 2.25. The SMILES string of the molecule is Cc1nnsc1C(=O)N1CCC(n2cc(-c3ccccc3)nn2)C1. The van der Waals surface area contributed by atoms with Crippen molar-refractivity contribution in [2.45, 2.75) is 19.4 Å². The largest absolute Gasteiger partial charge is 0.336 e. The fraction of sp³-hybridized carbons (Fsp3) is 0.312. The fourth-order valence-corrected chi connectivity index (χ4v) is 3.54. The molecule has 3 heterocycles. The van der Waals surface area contributed by atoms with Gasteiger partial charge in [0.15, 0.2) is 0 Å². The minimum Gasteiger partial charge on any atom is -0.336 e. The van der Waals surface area contributed by atoms with Gasteiger partial charge in [0, 0.05) is 18.7 Å². The van der Waals surface area contributed by atoms with E-state index in [0.29, 0.717) is 23.7 Å². The third-order valence-electron chi connectivity index (χ3n) is 4.25. The number of aryl methyl sites for hydroxylation is 1. The van der Waals surface area contributed by atoms with Gasteiger partial charge in [-0.25, -0.2) is 4.68 Å². The van der Waals surface area contributed by atoms with E-state index in [1.807, 2.05) is 53.0 Å². The van der Waals surface area contributed by atoms with Crippen molar-refractivity contribution >= 4 is 17.4 Å². The smallest absolute Gasteiger partial charge is 0.267 e. The third-order valence-corrected chi connectivity index (χ3v) is 5.07. The van der Waals surface area contributed by atoms with Gasteiger partial charge in [0.05, 0.1) is 17.9 Å².